The predicted octanol–water partition coefficient (Wildman–Crippen LogP) is 0.894. The Kier molecular flexibility index (Phi) is 6.52. The maximum Gasteiger partial charge on any atom is 0.303 e. The minimum atomic E-state index is -0.818. The van der Waals surface area contributed by atoms with E-state index < -0.39 is 54.2 Å². The third-order valence-electron chi connectivity index (χ3n) is 4.70. The summed E-state index contributed by atoms with van der Waals surface area (Å²) >= 11 is 0. The van der Waals surface area contributed by atoms with Crippen molar-refractivity contribution in [1.29, 1.82) is 0 Å². The minimum Gasteiger partial charge on any atom is -0.462 e. The quantitative estimate of drug-likeness (QED) is 0.553. The molecule has 0 aromatic rings. The Morgan fingerprint density at radius 2 is 1.69 bits per heavy atom. The molecule has 1 unspecified atom stereocenters. The number of esters is 2. The van der Waals surface area contributed by atoms with Gasteiger partial charge in [-0.3, -0.25) is 9.59 Å². The van der Waals surface area contributed by atoms with Crippen LogP contribution in [-0.4, -0.2) is 80.1 Å². The lowest BCUT2D eigenvalue weighted by atomic mass is 10.1. The lowest BCUT2D eigenvalue weighted by Gasteiger charge is -2.30. The summed E-state index contributed by atoms with van der Waals surface area (Å²) in [7, 11) is 0. The Labute approximate surface area is 170 Å². The van der Waals surface area contributed by atoms with Crippen LogP contribution < -0.4 is 0 Å². The van der Waals surface area contributed by atoms with Crippen LogP contribution in [0.5, 0.6) is 0 Å². The molecule has 3 aliphatic rings. The summed E-state index contributed by atoms with van der Waals surface area (Å²) < 4.78 is 45.7. The highest BCUT2D eigenvalue weighted by atomic mass is 16.8. The van der Waals surface area contributed by atoms with Crippen LogP contribution >= 0.6 is 0 Å². The van der Waals surface area contributed by atoms with Gasteiger partial charge in [-0.15, -0.1) is 0 Å². The SMILES string of the molecule is CC(=O)OCC(CO[C@@H]1[C@H]2OC(C)(C)O[C@H]2O[C@@H]1[C@H]1COC(C)(C)O1)OC(C)=O. The molecule has 0 saturated carbocycles. The summed E-state index contributed by atoms with van der Waals surface area (Å²) in [6.45, 7) is 10.0. The van der Waals surface area contributed by atoms with Crippen molar-refractivity contribution < 1.29 is 47.5 Å². The largest absolute Gasteiger partial charge is 0.462 e. The van der Waals surface area contributed by atoms with Gasteiger partial charge in [0.2, 0.25) is 0 Å². The number of hydrogen-bond donors (Lipinski definition) is 0. The summed E-state index contributed by atoms with van der Waals surface area (Å²) in [4.78, 5) is 22.5. The molecule has 0 spiro atoms. The molecule has 10 heteroatoms. The van der Waals surface area contributed by atoms with Crippen LogP contribution in [0.3, 0.4) is 0 Å². The van der Waals surface area contributed by atoms with Crippen molar-refractivity contribution in [2.24, 2.45) is 0 Å². The van der Waals surface area contributed by atoms with Crippen LogP contribution in [0, 0.1) is 0 Å². The zero-order valence-corrected chi connectivity index (χ0v) is 17.7. The van der Waals surface area contributed by atoms with Gasteiger partial charge in [0.15, 0.2) is 24.0 Å². The van der Waals surface area contributed by atoms with Gasteiger partial charge in [-0.25, -0.2) is 0 Å². The fourth-order valence-electron chi connectivity index (χ4n) is 3.65. The predicted molar refractivity (Wildman–Crippen MR) is 95.5 cm³/mol. The summed E-state index contributed by atoms with van der Waals surface area (Å²) in [6.07, 6.45) is -3.31. The molecule has 3 heterocycles. The van der Waals surface area contributed by atoms with Gasteiger partial charge in [-0.05, 0) is 27.7 Å². The number of hydrogen-bond acceptors (Lipinski definition) is 10. The van der Waals surface area contributed by atoms with E-state index in [2.05, 4.69) is 0 Å². The Morgan fingerprint density at radius 1 is 0.966 bits per heavy atom. The number of carbonyl (C=O) groups excluding carboxylic acids is 2. The van der Waals surface area contributed by atoms with E-state index in [9.17, 15) is 9.59 Å². The van der Waals surface area contributed by atoms with Crippen LogP contribution in [0.2, 0.25) is 0 Å². The van der Waals surface area contributed by atoms with Crippen LogP contribution in [-0.2, 0) is 47.5 Å². The van der Waals surface area contributed by atoms with E-state index in [1.54, 1.807) is 13.8 Å². The molecule has 0 amide bonds. The molecule has 3 fully saturated rings. The van der Waals surface area contributed by atoms with E-state index in [0.717, 1.165) is 0 Å². The topological polar surface area (TPSA) is 108 Å². The molecule has 0 aromatic heterocycles. The molecule has 0 N–H and O–H groups in total. The lowest BCUT2D eigenvalue weighted by Crippen LogP contribution is -2.45. The molecule has 0 aliphatic carbocycles. The molecule has 0 radical (unpaired) electrons. The van der Waals surface area contributed by atoms with Crippen molar-refractivity contribution in [3.05, 3.63) is 0 Å². The number of ether oxygens (including phenoxy) is 8. The average molecular weight is 418 g/mol. The zero-order valence-electron chi connectivity index (χ0n) is 17.7. The van der Waals surface area contributed by atoms with Crippen molar-refractivity contribution in [3.63, 3.8) is 0 Å². The molecule has 10 nitrogen and oxygen atoms in total. The second-order valence-corrected chi connectivity index (χ2v) is 8.27. The highest BCUT2D eigenvalue weighted by molar-refractivity contribution is 5.67. The van der Waals surface area contributed by atoms with Crippen molar-refractivity contribution >= 4 is 11.9 Å². The van der Waals surface area contributed by atoms with Gasteiger partial charge < -0.3 is 37.9 Å². The third-order valence-corrected chi connectivity index (χ3v) is 4.70. The molecule has 166 valence electrons. The first-order valence-corrected chi connectivity index (χ1v) is 9.71. The van der Waals surface area contributed by atoms with Gasteiger partial charge >= 0.3 is 11.9 Å². The number of rotatable bonds is 7. The molecule has 29 heavy (non-hydrogen) atoms. The van der Waals surface area contributed by atoms with Gasteiger partial charge in [-0.1, -0.05) is 0 Å². The van der Waals surface area contributed by atoms with Crippen molar-refractivity contribution in [2.75, 3.05) is 19.8 Å². The molecule has 0 aromatic carbocycles. The second-order valence-electron chi connectivity index (χ2n) is 8.27. The van der Waals surface area contributed by atoms with Gasteiger partial charge in [0.05, 0.1) is 13.2 Å². The lowest BCUT2D eigenvalue weighted by molar-refractivity contribution is -0.237. The van der Waals surface area contributed by atoms with Crippen LogP contribution in [0.15, 0.2) is 0 Å². The monoisotopic (exact) mass is 418 g/mol. The van der Waals surface area contributed by atoms with Crippen molar-refractivity contribution in [2.45, 2.75) is 89.9 Å². The van der Waals surface area contributed by atoms with E-state index in [-0.39, 0.29) is 19.3 Å². The molecule has 3 rings (SSSR count). The van der Waals surface area contributed by atoms with E-state index in [1.807, 2.05) is 13.8 Å². The van der Waals surface area contributed by atoms with Gasteiger partial charge in [-0.2, -0.15) is 0 Å². The average Bonchev–Trinajstić information content (AvgIpc) is 3.18. The Balaban J connectivity index is 1.69. The maximum atomic E-state index is 11.4. The molecule has 3 aliphatic heterocycles. The van der Waals surface area contributed by atoms with Gasteiger partial charge in [0.1, 0.15) is 31.0 Å². The standard InChI is InChI=1S/C19H30O10/c1-10(20)22-7-12(25-11(2)21)8-23-15-14(13-9-24-18(3,4)27-13)26-17-16(15)28-19(5,6)29-17/h12-17H,7-9H2,1-6H3/t12?,13-,14-,15+,16-,17-/m1/s1. The summed E-state index contributed by atoms with van der Waals surface area (Å²) in [5, 5.41) is 0. The maximum absolute atomic E-state index is 11.4. The summed E-state index contributed by atoms with van der Waals surface area (Å²) in [5.41, 5.74) is 0. The minimum absolute atomic E-state index is 0.0125. The fourth-order valence-corrected chi connectivity index (χ4v) is 3.65. The fraction of sp³-hybridized carbons (Fsp3) is 0.895. The van der Waals surface area contributed by atoms with Crippen LogP contribution in [0.25, 0.3) is 0 Å². The van der Waals surface area contributed by atoms with E-state index in [4.69, 9.17) is 37.9 Å². The van der Waals surface area contributed by atoms with Crippen LogP contribution in [0.1, 0.15) is 41.5 Å². The normalized spacial score (nSPS) is 35.9. The highest BCUT2D eigenvalue weighted by Crippen LogP contribution is 2.42. The molecular formula is C19H30O10. The van der Waals surface area contributed by atoms with Gasteiger partial charge in [0, 0.05) is 13.8 Å². The Morgan fingerprint density at radius 3 is 2.28 bits per heavy atom. The third kappa shape index (κ3) is 5.65. The van der Waals surface area contributed by atoms with Crippen LogP contribution in [0.4, 0.5) is 0 Å². The van der Waals surface area contributed by atoms with Crippen molar-refractivity contribution in [3.8, 4) is 0 Å². The Bertz CT molecular complexity index is 618. The van der Waals surface area contributed by atoms with E-state index >= 15 is 0 Å². The number of fused-ring (bicyclic) bond motifs is 1. The van der Waals surface area contributed by atoms with E-state index in [1.165, 1.54) is 13.8 Å². The molecule has 0 bridgehead atoms. The zero-order chi connectivity index (χ0) is 21.4. The first kappa shape index (κ1) is 22.4. The first-order chi connectivity index (χ1) is 13.5. The van der Waals surface area contributed by atoms with Crippen molar-refractivity contribution in [1.82, 2.24) is 0 Å². The smallest absolute Gasteiger partial charge is 0.303 e. The van der Waals surface area contributed by atoms with Gasteiger partial charge in [0.25, 0.3) is 0 Å². The first-order valence-electron chi connectivity index (χ1n) is 9.71. The Hall–Kier alpha value is -1.30. The summed E-state index contributed by atoms with van der Waals surface area (Å²) in [6, 6.07) is 0. The second kappa shape index (κ2) is 8.44. The molecule has 3 saturated heterocycles. The molecule has 6 atom stereocenters. The number of carbonyl (C=O) groups is 2. The van der Waals surface area contributed by atoms with E-state index in [0.29, 0.717) is 6.61 Å². The highest BCUT2D eigenvalue weighted by Gasteiger charge is 2.59. The molecular weight excluding hydrogens is 388 g/mol. The summed E-state index contributed by atoms with van der Waals surface area (Å²) in [5.74, 6) is -2.52.